The van der Waals surface area contributed by atoms with Gasteiger partial charge in [0.2, 0.25) is 0 Å². The quantitative estimate of drug-likeness (QED) is 0.697. The second kappa shape index (κ2) is 5.49. The molecule has 1 fully saturated rings. The summed E-state index contributed by atoms with van der Waals surface area (Å²) >= 11 is 0. The third-order valence-electron chi connectivity index (χ3n) is 2.90. The molecule has 0 amide bonds. The van der Waals surface area contributed by atoms with Gasteiger partial charge in [-0.05, 0) is 34.1 Å². The molecule has 1 rings (SSSR count). The number of ether oxygens (including phenoxy) is 3. The van der Waals surface area contributed by atoms with Gasteiger partial charge in [-0.15, -0.1) is 0 Å². The van der Waals surface area contributed by atoms with Crippen LogP contribution in [0.3, 0.4) is 0 Å². The molecule has 0 bridgehead atoms. The van der Waals surface area contributed by atoms with Gasteiger partial charge >= 0.3 is 11.9 Å². The average molecular weight is 244 g/mol. The van der Waals surface area contributed by atoms with Crippen molar-refractivity contribution in [2.75, 3.05) is 13.2 Å². The van der Waals surface area contributed by atoms with E-state index in [2.05, 4.69) is 0 Å². The minimum absolute atomic E-state index is 0.154. The fourth-order valence-electron chi connectivity index (χ4n) is 2.15. The molecule has 0 radical (unpaired) electrons. The van der Waals surface area contributed by atoms with E-state index in [-0.39, 0.29) is 12.7 Å². The summed E-state index contributed by atoms with van der Waals surface area (Å²) in [4.78, 5) is 23.7. The zero-order valence-corrected chi connectivity index (χ0v) is 10.8. The number of rotatable bonds is 4. The summed E-state index contributed by atoms with van der Waals surface area (Å²) in [6.45, 7) is 7.54. The summed E-state index contributed by atoms with van der Waals surface area (Å²) in [6, 6.07) is 0. The SMILES string of the molecule is CCOC(=O)[C@@H]1O[C@H](C)C[C@@]1(C)C(=O)OCC. The van der Waals surface area contributed by atoms with Crippen molar-refractivity contribution < 1.29 is 23.8 Å². The van der Waals surface area contributed by atoms with Crippen LogP contribution < -0.4 is 0 Å². The molecule has 1 saturated heterocycles. The Hall–Kier alpha value is -1.10. The van der Waals surface area contributed by atoms with Gasteiger partial charge in [0.05, 0.1) is 19.3 Å². The predicted octanol–water partition coefficient (Wildman–Crippen LogP) is 1.30. The Morgan fingerprint density at radius 1 is 1.29 bits per heavy atom. The Morgan fingerprint density at radius 2 is 1.88 bits per heavy atom. The highest BCUT2D eigenvalue weighted by Gasteiger charge is 2.54. The Morgan fingerprint density at radius 3 is 2.41 bits per heavy atom. The number of esters is 2. The maximum atomic E-state index is 11.9. The molecule has 0 saturated carbocycles. The molecule has 17 heavy (non-hydrogen) atoms. The van der Waals surface area contributed by atoms with E-state index in [9.17, 15) is 9.59 Å². The van der Waals surface area contributed by atoms with E-state index in [1.54, 1.807) is 20.8 Å². The van der Waals surface area contributed by atoms with Gasteiger partial charge in [0.25, 0.3) is 0 Å². The molecule has 0 aliphatic carbocycles. The van der Waals surface area contributed by atoms with E-state index in [0.29, 0.717) is 13.0 Å². The summed E-state index contributed by atoms with van der Waals surface area (Å²) in [5.41, 5.74) is -0.943. The first-order chi connectivity index (χ1) is 7.95. The van der Waals surface area contributed by atoms with Gasteiger partial charge in [-0.25, -0.2) is 4.79 Å². The van der Waals surface area contributed by atoms with Gasteiger partial charge in [-0.3, -0.25) is 4.79 Å². The van der Waals surface area contributed by atoms with Crippen LogP contribution in [0.15, 0.2) is 0 Å². The zero-order valence-electron chi connectivity index (χ0n) is 10.8. The molecule has 3 atom stereocenters. The molecule has 0 aromatic carbocycles. The average Bonchev–Trinajstić information content (AvgIpc) is 2.56. The summed E-state index contributed by atoms with van der Waals surface area (Å²) in [5.74, 6) is -0.894. The molecule has 5 nitrogen and oxygen atoms in total. The first-order valence-corrected chi connectivity index (χ1v) is 5.95. The fraction of sp³-hybridized carbons (Fsp3) is 0.833. The van der Waals surface area contributed by atoms with Crippen molar-refractivity contribution in [3.63, 3.8) is 0 Å². The number of hydrogen-bond acceptors (Lipinski definition) is 5. The van der Waals surface area contributed by atoms with Crippen LogP contribution in [-0.4, -0.2) is 37.4 Å². The van der Waals surface area contributed by atoms with E-state index in [4.69, 9.17) is 14.2 Å². The minimum atomic E-state index is -0.943. The molecule has 1 heterocycles. The van der Waals surface area contributed by atoms with Crippen molar-refractivity contribution in [3.05, 3.63) is 0 Å². The first kappa shape index (κ1) is 14.0. The second-order valence-corrected chi connectivity index (χ2v) is 4.42. The van der Waals surface area contributed by atoms with E-state index in [1.165, 1.54) is 0 Å². The Balaban J connectivity index is 2.86. The van der Waals surface area contributed by atoms with Gasteiger partial charge in [-0.2, -0.15) is 0 Å². The molecule has 5 heteroatoms. The third-order valence-corrected chi connectivity index (χ3v) is 2.90. The lowest BCUT2D eigenvalue weighted by atomic mass is 9.82. The van der Waals surface area contributed by atoms with Crippen molar-refractivity contribution in [2.24, 2.45) is 5.41 Å². The van der Waals surface area contributed by atoms with E-state index in [0.717, 1.165) is 0 Å². The normalized spacial score (nSPS) is 32.2. The van der Waals surface area contributed by atoms with Gasteiger partial charge < -0.3 is 14.2 Å². The standard InChI is InChI=1S/C12H20O5/c1-5-15-10(13)9-12(4,7-8(3)17-9)11(14)16-6-2/h8-9H,5-7H2,1-4H3/t8-,9+,12-/m1/s1. The summed E-state index contributed by atoms with van der Waals surface area (Å²) in [7, 11) is 0. The van der Waals surface area contributed by atoms with Crippen molar-refractivity contribution in [3.8, 4) is 0 Å². The van der Waals surface area contributed by atoms with Gasteiger partial charge in [-0.1, -0.05) is 0 Å². The third kappa shape index (κ3) is 2.77. The van der Waals surface area contributed by atoms with Crippen LogP contribution in [0, 0.1) is 5.41 Å². The fourth-order valence-corrected chi connectivity index (χ4v) is 2.15. The molecule has 0 spiro atoms. The van der Waals surface area contributed by atoms with Crippen LogP contribution in [0.2, 0.25) is 0 Å². The topological polar surface area (TPSA) is 61.8 Å². The van der Waals surface area contributed by atoms with E-state index >= 15 is 0 Å². The predicted molar refractivity (Wildman–Crippen MR) is 60.3 cm³/mol. The molecule has 1 aliphatic heterocycles. The molecule has 0 aromatic heterocycles. The first-order valence-electron chi connectivity index (χ1n) is 5.95. The number of hydrogen-bond donors (Lipinski definition) is 0. The van der Waals surface area contributed by atoms with Crippen molar-refractivity contribution in [1.82, 2.24) is 0 Å². The maximum absolute atomic E-state index is 11.9. The van der Waals surface area contributed by atoms with Crippen LogP contribution in [0.1, 0.15) is 34.1 Å². The lowest BCUT2D eigenvalue weighted by Crippen LogP contribution is -2.43. The summed E-state index contributed by atoms with van der Waals surface area (Å²) < 4.78 is 15.4. The summed E-state index contributed by atoms with van der Waals surface area (Å²) in [5, 5.41) is 0. The van der Waals surface area contributed by atoms with Crippen LogP contribution in [0.4, 0.5) is 0 Å². The van der Waals surface area contributed by atoms with Crippen molar-refractivity contribution >= 4 is 11.9 Å². The summed E-state index contributed by atoms with van der Waals surface area (Å²) in [6.07, 6.45) is -0.551. The minimum Gasteiger partial charge on any atom is -0.465 e. The number of carbonyl (C=O) groups is 2. The highest BCUT2D eigenvalue weighted by molar-refractivity contribution is 5.87. The van der Waals surface area contributed by atoms with Crippen molar-refractivity contribution in [2.45, 2.75) is 46.3 Å². The second-order valence-electron chi connectivity index (χ2n) is 4.42. The van der Waals surface area contributed by atoms with Gasteiger partial charge in [0.15, 0.2) is 6.10 Å². The Bertz CT molecular complexity index is 301. The molecule has 0 unspecified atom stereocenters. The van der Waals surface area contributed by atoms with Crippen LogP contribution in [0.25, 0.3) is 0 Å². The van der Waals surface area contributed by atoms with E-state index < -0.39 is 23.5 Å². The molecule has 1 aliphatic rings. The highest BCUT2D eigenvalue weighted by atomic mass is 16.6. The largest absolute Gasteiger partial charge is 0.465 e. The molecular formula is C12H20O5. The monoisotopic (exact) mass is 244 g/mol. The van der Waals surface area contributed by atoms with Gasteiger partial charge in [0.1, 0.15) is 5.41 Å². The van der Waals surface area contributed by atoms with E-state index in [1.807, 2.05) is 6.92 Å². The zero-order chi connectivity index (χ0) is 13.1. The molecule has 0 aromatic rings. The number of carbonyl (C=O) groups excluding carboxylic acids is 2. The Kier molecular flexibility index (Phi) is 4.51. The Labute approximate surface area is 101 Å². The smallest absolute Gasteiger partial charge is 0.336 e. The molecule has 0 N–H and O–H groups in total. The van der Waals surface area contributed by atoms with Gasteiger partial charge in [0, 0.05) is 0 Å². The lowest BCUT2D eigenvalue weighted by Gasteiger charge is -2.25. The lowest BCUT2D eigenvalue weighted by molar-refractivity contribution is -0.171. The maximum Gasteiger partial charge on any atom is 0.336 e. The van der Waals surface area contributed by atoms with Crippen molar-refractivity contribution in [1.29, 1.82) is 0 Å². The van der Waals surface area contributed by atoms with Crippen LogP contribution >= 0.6 is 0 Å². The molecular weight excluding hydrogens is 224 g/mol. The highest BCUT2D eigenvalue weighted by Crippen LogP contribution is 2.40. The van der Waals surface area contributed by atoms with Crippen LogP contribution in [0.5, 0.6) is 0 Å². The molecule has 98 valence electrons. The van der Waals surface area contributed by atoms with Crippen LogP contribution in [-0.2, 0) is 23.8 Å².